The van der Waals surface area contributed by atoms with Gasteiger partial charge in [0.2, 0.25) is 0 Å². The fourth-order valence-corrected chi connectivity index (χ4v) is 3.72. The SMILES string of the molecule is O=Cc1c(Cl)cccc1OCC1Cc2ccccc2S1. The van der Waals surface area contributed by atoms with Crippen molar-refractivity contribution in [1.29, 1.82) is 0 Å². The lowest BCUT2D eigenvalue weighted by atomic mass is 10.1. The fourth-order valence-electron chi connectivity index (χ4n) is 2.29. The molecule has 0 saturated carbocycles. The van der Waals surface area contributed by atoms with Crippen molar-refractivity contribution in [2.24, 2.45) is 0 Å². The van der Waals surface area contributed by atoms with E-state index in [0.29, 0.717) is 28.2 Å². The van der Waals surface area contributed by atoms with Crippen molar-refractivity contribution < 1.29 is 9.53 Å². The van der Waals surface area contributed by atoms with Crippen LogP contribution in [0.3, 0.4) is 0 Å². The zero-order valence-corrected chi connectivity index (χ0v) is 12.3. The summed E-state index contributed by atoms with van der Waals surface area (Å²) in [6.07, 6.45) is 1.74. The minimum Gasteiger partial charge on any atom is -0.492 e. The van der Waals surface area contributed by atoms with Gasteiger partial charge in [-0.05, 0) is 30.2 Å². The van der Waals surface area contributed by atoms with Crippen molar-refractivity contribution in [2.75, 3.05) is 6.61 Å². The van der Waals surface area contributed by atoms with Gasteiger partial charge in [-0.2, -0.15) is 0 Å². The van der Waals surface area contributed by atoms with E-state index in [-0.39, 0.29) is 0 Å². The first-order chi connectivity index (χ1) is 9.78. The molecule has 1 heterocycles. The van der Waals surface area contributed by atoms with E-state index >= 15 is 0 Å². The molecule has 20 heavy (non-hydrogen) atoms. The predicted molar refractivity (Wildman–Crippen MR) is 82.1 cm³/mol. The lowest BCUT2D eigenvalue weighted by molar-refractivity contribution is 0.111. The first-order valence-corrected chi connectivity index (χ1v) is 7.65. The maximum Gasteiger partial charge on any atom is 0.155 e. The van der Waals surface area contributed by atoms with Gasteiger partial charge < -0.3 is 4.74 Å². The lowest BCUT2D eigenvalue weighted by Crippen LogP contribution is -2.14. The summed E-state index contributed by atoms with van der Waals surface area (Å²) in [5.74, 6) is 0.559. The monoisotopic (exact) mass is 304 g/mol. The molecule has 2 aromatic rings. The van der Waals surface area contributed by atoms with Crippen molar-refractivity contribution in [3.05, 3.63) is 58.6 Å². The predicted octanol–water partition coefficient (Wildman–Crippen LogP) is 4.25. The molecule has 0 fully saturated rings. The highest BCUT2D eigenvalue weighted by Crippen LogP contribution is 2.37. The summed E-state index contributed by atoms with van der Waals surface area (Å²) in [5, 5.41) is 0.811. The summed E-state index contributed by atoms with van der Waals surface area (Å²) in [5.41, 5.74) is 1.79. The van der Waals surface area contributed by atoms with Crippen LogP contribution in [0.2, 0.25) is 5.02 Å². The van der Waals surface area contributed by atoms with Crippen molar-refractivity contribution in [3.63, 3.8) is 0 Å². The molecule has 0 saturated heterocycles. The quantitative estimate of drug-likeness (QED) is 0.790. The number of hydrogen-bond acceptors (Lipinski definition) is 3. The van der Waals surface area contributed by atoms with Crippen LogP contribution < -0.4 is 4.74 Å². The van der Waals surface area contributed by atoms with Gasteiger partial charge in [0.1, 0.15) is 12.4 Å². The molecule has 1 unspecified atom stereocenters. The number of ether oxygens (including phenoxy) is 1. The zero-order chi connectivity index (χ0) is 13.9. The third kappa shape index (κ3) is 2.69. The van der Waals surface area contributed by atoms with Crippen molar-refractivity contribution in [1.82, 2.24) is 0 Å². The molecule has 1 aliphatic rings. The molecule has 0 amide bonds. The smallest absolute Gasteiger partial charge is 0.155 e. The Morgan fingerprint density at radius 3 is 2.90 bits per heavy atom. The molecule has 0 bridgehead atoms. The maximum absolute atomic E-state index is 11.1. The van der Waals surface area contributed by atoms with Gasteiger partial charge in [-0.15, -0.1) is 11.8 Å². The minimum absolute atomic E-state index is 0.380. The lowest BCUT2D eigenvalue weighted by Gasteiger charge is -2.13. The summed E-state index contributed by atoms with van der Waals surface area (Å²) in [4.78, 5) is 12.4. The maximum atomic E-state index is 11.1. The molecular formula is C16H13ClO2S. The number of thioether (sulfide) groups is 1. The van der Waals surface area contributed by atoms with Crippen molar-refractivity contribution >= 4 is 29.6 Å². The molecule has 4 heteroatoms. The van der Waals surface area contributed by atoms with Crippen LogP contribution in [0, 0.1) is 0 Å². The van der Waals surface area contributed by atoms with Gasteiger partial charge in [-0.1, -0.05) is 35.9 Å². The van der Waals surface area contributed by atoms with Crippen LogP contribution in [0.4, 0.5) is 0 Å². The van der Waals surface area contributed by atoms with E-state index in [2.05, 4.69) is 24.3 Å². The summed E-state index contributed by atoms with van der Waals surface area (Å²) >= 11 is 7.81. The average molecular weight is 305 g/mol. The Hall–Kier alpha value is -1.45. The summed E-state index contributed by atoms with van der Waals surface area (Å²) in [6, 6.07) is 13.7. The number of halogens is 1. The van der Waals surface area contributed by atoms with Gasteiger partial charge in [-0.3, -0.25) is 4.79 Å². The third-order valence-corrected chi connectivity index (χ3v) is 4.89. The molecule has 1 atom stereocenters. The summed E-state index contributed by atoms with van der Waals surface area (Å²) < 4.78 is 5.79. The normalized spacial score (nSPS) is 16.8. The van der Waals surface area contributed by atoms with Crippen LogP contribution in [0.5, 0.6) is 5.75 Å². The van der Waals surface area contributed by atoms with Crippen LogP contribution in [0.25, 0.3) is 0 Å². The van der Waals surface area contributed by atoms with E-state index in [4.69, 9.17) is 16.3 Å². The number of hydrogen-bond donors (Lipinski definition) is 0. The minimum atomic E-state index is 0.380. The molecule has 102 valence electrons. The van der Waals surface area contributed by atoms with E-state index in [1.807, 2.05) is 11.8 Å². The van der Waals surface area contributed by atoms with E-state index in [9.17, 15) is 4.79 Å². The Kier molecular flexibility index (Phi) is 3.99. The van der Waals surface area contributed by atoms with Crippen LogP contribution in [0.15, 0.2) is 47.4 Å². The van der Waals surface area contributed by atoms with E-state index < -0.39 is 0 Å². The van der Waals surface area contributed by atoms with Crippen LogP contribution >= 0.6 is 23.4 Å². The summed E-state index contributed by atoms with van der Waals surface area (Å²) in [7, 11) is 0. The standard InChI is InChI=1S/C16H13ClO2S/c17-14-5-3-6-15(13(14)9-18)19-10-12-8-11-4-1-2-7-16(11)20-12/h1-7,9,12H,8,10H2. The molecular weight excluding hydrogens is 292 g/mol. The average Bonchev–Trinajstić information content (AvgIpc) is 2.88. The fraction of sp³-hybridized carbons (Fsp3) is 0.188. The largest absolute Gasteiger partial charge is 0.492 e. The van der Waals surface area contributed by atoms with Gasteiger partial charge in [0.25, 0.3) is 0 Å². The number of rotatable bonds is 4. The van der Waals surface area contributed by atoms with Gasteiger partial charge in [0.15, 0.2) is 6.29 Å². The Labute approximate surface area is 127 Å². The van der Waals surface area contributed by atoms with Crippen molar-refractivity contribution in [3.8, 4) is 5.75 Å². The number of fused-ring (bicyclic) bond motifs is 1. The van der Waals surface area contributed by atoms with Crippen LogP contribution in [0.1, 0.15) is 15.9 Å². The molecule has 2 nitrogen and oxygen atoms in total. The number of carbonyl (C=O) groups is 1. The second kappa shape index (κ2) is 5.90. The second-order valence-electron chi connectivity index (χ2n) is 4.63. The number of carbonyl (C=O) groups excluding carboxylic acids is 1. The molecule has 0 spiro atoms. The molecule has 0 aliphatic carbocycles. The third-order valence-electron chi connectivity index (χ3n) is 3.27. The highest BCUT2D eigenvalue weighted by atomic mass is 35.5. The first-order valence-electron chi connectivity index (χ1n) is 6.39. The summed E-state index contributed by atoms with van der Waals surface area (Å²) in [6.45, 7) is 0.570. The first kappa shape index (κ1) is 13.5. The molecule has 0 radical (unpaired) electrons. The Balaban J connectivity index is 1.67. The highest BCUT2D eigenvalue weighted by Gasteiger charge is 2.22. The topological polar surface area (TPSA) is 26.3 Å². The Morgan fingerprint density at radius 2 is 2.10 bits per heavy atom. The molecule has 0 N–H and O–H groups in total. The molecule has 1 aliphatic heterocycles. The van der Waals surface area contributed by atoms with Gasteiger partial charge in [-0.25, -0.2) is 0 Å². The molecule has 2 aromatic carbocycles. The van der Waals surface area contributed by atoms with Gasteiger partial charge >= 0.3 is 0 Å². The Bertz CT molecular complexity index is 617. The van der Waals surface area contributed by atoms with Gasteiger partial charge in [0, 0.05) is 10.1 Å². The molecule has 3 rings (SSSR count). The van der Waals surface area contributed by atoms with Gasteiger partial charge in [0.05, 0.1) is 10.6 Å². The van der Waals surface area contributed by atoms with E-state index in [1.54, 1.807) is 18.2 Å². The van der Waals surface area contributed by atoms with Crippen LogP contribution in [-0.2, 0) is 6.42 Å². The number of benzene rings is 2. The van der Waals surface area contributed by atoms with E-state index in [0.717, 1.165) is 12.7 Å². The number of aldehydes is 1. The Morgan fingerprint density at radius 1 is 1.25 bits per heavy atom. The van der Waals surface area contributed by atoms with Crippen molar-refractivity contribution in [2.45, 2.75) is 16.6 Å². The van der Waals surface area contributed by atoms with E-state index in [1.165, 1.54) is 10.5 Å². The molecule has 0 aromatic heterocycles. The zero-order valence-electron chi connectivity index (χ0n) is 10.7. The second-order valence-corrected chi connectivity index (χ2v) is 6.38. The van der Waals surface area contributed by atoms with Crippen LogP contribution in [-0.4, -0.2) is 18.1 Å². The highest BCUT2D eigenvalue weighted by molar-refractivity contribution is 8.00.